The first-order valence-electron chi connectivity index (χ1n) is 8.71. The number of aromatic nitrogens is 1. The summed E-state index contributed by atoms with van der Waals surface area (Å²) in [6.07, 6.45) is -9.96. The predicted molar refractivity (Wildman–Crippen MR) is 102 cm³/mol. The Balaban J connectivity index is 1.65. The Morgan fingerprint density at radius 3 is 2.16 bits per heavy atom. The second-order valence-electron chi connectivity index (χ2n) is 6.35. The Morgan fingerprint density at radius 2 is 1.58 bits per heavy atom. The molecule has 1 aromatic heterocycles. The average Bonchev–Trinajstić information content (AvgIpc) is 3.12. The summed E-state index contributed by atoms with van der Waals surface area (Å²) >= 11 is 1.13. The minimum absolute atomic E-state index is 0.0269. The van der Waals surface area contributed by atoms with E-state index in [2.05, 4.69) is 10.3 Å². The standard InChI is InChI=1S/C20H14F6N2O2S/c21-19(22,23)12-6-13(20(24,25)26)8-16(7-12)30-10-15-11-31-18(28-15)9-17(29)27-14-4-2-1-3-5-14/h1-8,11H,9-10H2,(H,27,29). The quantitative estimate of drug-likeness (QED) is 0.463. The molecule has 0 aliphatic carbocycles. The summed E-state index contributed by atoms with van der Waals surface area (Å²) in [6.45, 7) is -0.352. The molecule has 0 aliphatic rings. The lowest BCUT2D eigenvalue weighted by Gasteiger charge is -2.14. The van der Waals surface area contributed by atoms with E-state index in [0.29, 0.717) is 22.8 Å². The van der Waals surface area contributed by atoms with E-state index < -0.39 is 29.2 Å². The Hall–Kier alpha value is -3.08. The maximum Gasteiger partial charge on any atom is 0.416 e. The topological polar surface area (TPSA) is 51.2 Å². The number of carbonyl (C=O) groups excluding carboxylic acids is 1. The lowest BCUT2D eigenvalue weighted by molar-refractivity contribution is -0.143. The molecule has 0 spiro atoms. The van der Waals surface area contributed by atoms with Gasteiger partial charge in [0.1, 0.15) is 17.4 Å². The van der Waals surface area contributed by atoms with E-state index in [0.717, 1.165) is 11.3 Å². The molecule has 0 aliphatic heterocycles. The molecular formula is C20H14F6N2O2S. The van der Waals surface area contributed by atoms with Gasteiger partial charge in [-0.2, -0.15) is 26.3 Å². The van der Waals surface area contributed by atoms with Crippen LogP contribution in [0.1, 0.15) is 21.8 Å². The molecular weight excluding hydrogens is 446 g/mol. The molecule has 0 bridgehead atoms. The normalized spacial score (nSPS) is 11.9. The second kappa shape index (κ2) is 8.96. The molecule has 1 N–H and O–H groups in total. The maximum absolute atomic E-state index is 12.9. The van der Waals surface area contributed by atoms with Gasteiger partial charge < -0.3 is 10.1 Å². The van der Waals surface area contributed by atoms with Crippen LogP contribution in [-0.2, 0) is 30.2 Å². The van der Waals surface area contributed by atoms with Crippen LogP contribution in [0.3, 0.4) is 0 Å². The summed E-state index contributed by atoms with van der Waals surface area (Å²) in [6, 6.07) is 9.75. The van der Waals surface area contributed by atoms with E-state index in [-0.39, 0.29) is 30.7 Å². The van der Waals surface area contributed by atoms with Gasteiger partial charge in [0.15, 0.2) is 0 Å². The minimum Gasteiger partial charge on any atom is -0.487 e. The number of nitrogens with zero attached hydrogens (tertiary/aromatic N) is 1. The first-order valence-corrected chi connectivity index (χ1v) is 9.59. The van der Waals surface area contributed by atoms with E-state index in [1.54, 1.807) is 30.3 Å². The van der Waals surface area contributed by atoms with Crippen LogP contribution in [0.5, 0.6) is 5.75 Å². The molecule has 31 heavy (non-hydrogen) atoms. The number of benzene rings is 2. The van der Waals surface area contributed by atoms with E-state index in [1.165, 1.54) is 5.38 Å². The van der Waals surface area contributed by atoms with Crippen LogP contribution in [0, 0.1) is 0 Å². The summed E-state index contributed by atoms with van der Waals surface area (Å²) in [7, 11) is 0. The number of para-hydroxylation sites is 1. The van der Waals surface area contributed by atoms with Gasteiger partial charge in [0, 0.05) is 11.1 Å². The van der Waals surface area contributed by atoms with Crippen LogP contribution in [0.2, 0.25) is 0 Å². The average molecular weight is 460 g/mol. The molecule has 3 rings (SSSR count). The number of anilines is 1. The van der Waals surface area contributed by atoms with Gasteiger partial charge in [-0.25, -0.2) is 4.98 Å². The summed E-state index contributed by atoms with van der Waals surface area (Å²) in [5.74, 6) is -0.903. The largest absolute Gasteiger partial charge is 0.487 e. The number of ether oxygens (including phenoxy) is 1. The zero-order valence-corrected chi connectivity index (χ0v) is 16.4. The predicted octanol–water partition coefficient (Wildman–Crippen LogP) is 5.94. The molecule has 1 amide bonds. The molecule has 164 valence electrons. The maximum atomic E-state index is 12.9. The highest BCUT2D eigenvalue weighted by molar-refractivity contribution is 7.09. The number of hydrogen-bond acceptors (Lipinski definition) is 4. The molecule has 0 saturated heterocycles. The monoisotopic (exact) mass is 460 g/mol. The fraction of sp³-hybridized carbons (Fsp3) is 0.200. The van der Waals surface area contributed by atoms with Crippen molar-refractivity contribution < 1.29 is 35.9 Å². The second-order valence-corrected chi connectivity index (χ2v) is 7.30. The van der Waals surface area contributed by atoms with Crippen LogP contribution in [0.25, 0.3) is 0 Å². The molecule has 0 fully saturated rings. The van der Waals surface area contributed by atoms with Gasteiger partial charge in [-0.15, -0.1) is 11.3 Å². The highest BCUT2D eigenvalue weighted by atomic mass is 32.1. The fourth-order valence-corrected chi connectivity index (χ4v) is 3.30. The van der Waals surface area contributed by atoms with Crippen molar-refractivity contribution in [2.75, 3.05) is 5.32 Å². The van der Waals surface area contributed by atoms with E-state index >= 15 is 0 Å². The smallest absolute Gasteiger partial charge is 0.416 e. The molecule has 0 saturated carbocycles. The van der Waals surface area contributed by atoms with Crippen molar-refractivity contribution in [3.8, 4) is 5.75 Å². The van der Waals surface area contributed by atoms with Crippen molar-refractivity contribution in [2.24, 2.45) is 0 Å². The fourth-order valence-electron chi connectivity index (χ4n) is 2.53. The van der Waals surface area contributed by atoms with E-state index in [9.17, 15) is 31.1 Å². The van der Waals surface area contributed by atoms with E-state index in [4.69, 9.17) is 4.74 Å². The van der Waals surface area contributed by atoms with Crippen LogP contribution >= 0.6 is 11.3 Å². The van der Waals surface area contributed by atoms with Gasteiger partial charge in [0.25, 0.3) is 0 Å². The Labute approximate surface area is 176 Å². The number of hydrogen-bond donors (Lipinski definition) is 1. The van der Waals surface area contributed by atoms with Crippen LogP contribution in [-0.4, -0.2) is 10.9 Å². The molecule has 2 aromatic carbocycles. The number of alkyl halides is 6. The third kappa shape index (κ3) is 6.45. The summed E-state index contributed by atoms with van der Waals surface area (Å²) in [5.41, 5.74) is -2.04. The summed E-state index contributed by atoms with van der Waals surface area (Å²) in [4.78, 5) is 16.2. The van der Waals surface area contributed by atoms with Gasteiger partial charge in [-0.1, -0.05) is 18.2 Å². The molecule has 0 radical (unpaired) electrons. The zero-order valence-electron chi connectivity index (χ0n) is 15.6. The van der Waals surface area contributed by atoms with Crippen molar-refractivity contribution >= 4 is 22.9 Å². The summed E-state index contributed by atoms with van der Waals surface area (Å²) < 4.78 is 82.6. The zero-order chi connectivity index (χ0) is 22.6. The van der Waals surface area contributed by atoms with Gasteiger partial charge >= 0.3 is 12.4 Å². The van der Waals surface area contributed by atoms with Gasteiger partial charge in [-0.05, 0) is 30.3 Å². The number of nitrogens with one attached hydrogen (secondary N) is 1. The van der Waals surface area contributed by atoms with Crippen LogP contribution < -0.4 is 10.1 Å². The van der Waals surface area contributed by atoms with E-state index in [1.807, 2.05) is 0 Å². The van der Waals surface area contributed by atoms with Crippen molar-refractivity contribution in [3.05, 3.63) is 75.7 Å². The van der Waals surface area contributed by atoms with Gasteiger partial charge in [-0.3, -0.25) is 4.79 Å². The first-order chi connectivity index (χ1) is 14.5. The molecule has 1 heterocycles. The molecule has 11 heteroatoms. The third-order valence-electron chi connectivity index (χ3n) is 3.92. The third-order valence-corrected chi connectivity index (χ3v) is 4.81. The number of carbonyl (C=O) groups is 1. The van der Waals surface area contributed by atoms with Crippen molar-refractivity contribution in [3.63, 3.8) is 0 Å². The van der Waals surface area contributed by atoms with Crippen molar-refractivity contribution in [1.82, 2.24) is 4.98 Å². The minimum atomic E-state index is -4.96. The van der Waals surface area contributed by atoms with Crippen molar-refractivity contribution in [1.29, 1.82) is 0 Å². The molecule has 0 atom stereocenters. The number of rotatable bonds is 6. The Morgan fingerprint density at radius 1 is 0.968 bits per heavy atom. The van der Waals surface area contributed by atoms with Crippen LogP contribution in [0.4, 0.5) is 32.0 Å². The first kappa shape index (κ1) is 22.6. The molecule has 4 nitrogen and oxygen atoms in total. The highest BCUT2D eigenvalue weighted by Crippen LogP contribution is 2.38. The number of thiazole rings is 1. The lowest BCUT2D eigenvalue weighted by Crippen LogP contribution is -2.14. The number of halogens is 6. The SMILES string of the molecule is O=C(Cc1nc(COc2cc(C(F)(F)F)cc(C(F)(F)F)c2)cs1)Nc1ccccc1. The van der Waals surface area contributed by atoms with Crippen LogP contribution in [0.15, 0.2) is 53.9 Å². The van der Waals surface area contributed by atoms with Crippen molar-refractivity contribution in [2.45, 2.75) is 25.4 Å². The lowest BCUT2D eigenvalue weighted by atomic mass is 10.1. The van der Waals surface area contributed by atoms with Gasteiger partial charge in [0.05, 0.1) is 23.2 Å². The highest BCUT2D eigenvalue weighted by Gasteiger charge is 2.37. The van der Waals surface area contributed by atoms with Gasteiger partial charge in [0.2, 0.25) is 5.91 Å². The Bertz CT molecular complexity index is 1020. The number of amides is 1. The summed E-state index contributed by atoms with van der Waals surface area (Å²) in [5, 5.41) is 4.62. The molecule has 3 aromatic rings. The Kier molecular flexibility index (Phi) is 6.54. The molecule has 0 unspecified atom stereocenters.